The fourth-order valence-corrected chi connectivity index (χ4v) is 4.03. The van der Waals surface area contributed by atoms with E-state index >= 15 is 0 Å². The van der Waals surface area contributed by atoms with Gasteiger partial charge in [0.05, 0.1) is 11.7 Å². The van der Waals surface area contributed by atoms with Gasteiger partial charge in [0.1, 0.15) is 5.76 Å². The predicted molar refractivity (Wildman–Crippen MR) is 91.7 cm³/mol. The van der Waals surface area contributed by atoms with Gasteiger partial charge in [-0.25, -0.2) is 0 Å². The lowest BCUT2D eigenvalue weighted by Crippen LogP contribution is -2.36. The van der Waals surface area contributed by atoms with Gasteiger partial charge in [0.15, 0.2) is 0 Å². The molecular formula is C20H24N2O2. The summed E-state index contributed by atoms with van der Waals surface area (Å²) in [5, 5.41) is 3.99. The highest BCUT2D eigenvalue weighted by Crippen LogP contribution is 2.42. The Morgan fingerprint density at radius 1 is 1.25 bits per heavy atom. The summed E-state index contributed by atoms with van der Waals surface area (Å²) < 4.78 is 5.22. The molecule has 1 fully saturated rings. The van der Waals surface area contributed by atoms with Crippen molar-refractivity contribution >= 4 is 5.91 Å². The van der Waals surface area contributed by atoms with E-state index < -0.39 is 0 Å². The molecule has 0 bridgehead atoms. The third-order valence-corrected chi connectivity index (χ3v) is 5.44. The van der Waals surface area contributed by atoms with Crippen LogP contribution in [0.5, 0.6) is 0 Å². The van der Waals surface area contributed by atoms with E-state index in [9.17, 15) is 4.79 Å². The Bertz CT molecular complexity index is 741. The number of benzene rings is 1. The van der Waals surface area contributed by atoms with E-state index in [2.05, 4.69) is 34.3 Å². The molecule has 1 amide bonds. The fourth-order valence-electron chi connectivity index (χ4n) is 4.03. The number of carbonyl (C=O) groups excluding carboxylic acids is 1. The van der Waals surface area contributed by atoms with Crippen molar-refractivity contribution in [3.05, 3.63) is 52.4 Å². The van der Waals surface area contributed by atoms with Crippen LogP contribution in [-0.4, -0.2) is 22.0 Å². The first-order chi connectivity index (χ1) is 11.6. The molecule has 1 aromatic heterocycles. The second-order valence-electron chi connectivity index (χ2n) is 7.09. The summed E-state index contributed by atoms with van der Waals surface area (Å²) in [6.07, 6.45) is 5.70. The molecule has 2 aliphatic rings. The summed E-state index contributed by atoms with van der Waals surface area (Å²) in [6.45, 7) is 3.87. The summed E-state index contributed by atoms with van der Waals surface area (Å²) in [5.74, 6) is 1.11. The summed E-state index contributed by atoms with van der Waals surface area (Å²) in [4.78, 5) is 15.2. The number of hydrogen-bond acceptors (Lipinski definition) is 3. The van der Waals surface area contributed by atoms with Crippen LogP contribution in [0.3, 0.4) is 0 Å². The molecule has 2 aliphatic carbocycles. The molecular weight excluding hydrogens is 300 g/mol. The van der Waals surface area contributed by atoms with E-state index in [1.807, 2.05) is 13.8 Å². The lowest BCUT2D eigenvalue weighted by molar-refractivity contribution is -0.134. The van der Waals surface area contributed by atoms with Crippen molar-refractivity contribution in [2.45, 2.75) is 64.5 Å². The molecule has 1 aromatic carbocycles. The Morgan fingerprint density at radius 2 is 2.04 bits per heavy atom. The van der Waals surface area contributed by atoms with Gasteiger partial charge in [-0.3, -0.25) is 4.79 Å². The second-order valence-corrected chi connectivity index (χ2v) is 7.09. The van der Waals surface area contributed by atoms with Crippen molar-refractivity contribution in [1.29, 1.82) is 0 Å². The predicted octanol–water partition coefficient (Wildman–Crippen LogP) is 3.90. The molecule has 1 unspecified atom stereocenters. The Balaban J connectivity index is 1.51. The maximum absolute atomic E-state index is 13.0. The second kappa shape index (κ2) is 6.08. The van der Waals surface area contributed by atoms with Crippen molar-refractivity contribution in [1.82, 2.24) is 10.1 Å². The van der Waals surface area contributed by atoms with E-state index in [-0.39, 0.29) is 11.9 Å². The maximum Gasteiger partial charge on any atom is 0.223 e. The molecule has 0 spiro atoms. The molecule has 24 heavy (non-hydrogen) atoms. The molecule has 0 radical (unpaired) electrons. The summed E-state index contributed by atoms with van der Waals surface area (Å²) in [7, 11) is 0. The van der Waals surface area contributed by atoms with Crippen LogP contribution in [0, 0.1) is 13.8 Å². The number of fused-ring (bicyclic) bond motifs is 1. The normalized spacial score (nSPS) is 19.3. The number of aromatic nitrogens is 1. The van der Waals surface area contributed by atoms with Crippen LogP contribution in [0.4, 0.5) is 0 Å². The Hall–Kier alpha value is -2.10. The van der Waals surface area contributed by atoms with Crippen molar-refractivity contribution in [2.75, 3.05) is 0 Å². The van der Waals surface area contributed by atoms with Gasteiger partial charge in [-0.15, -0.1) is 0 Å². The van der Waals surface area contributed by atoms with Gasteiger partial charge >= 0.3 is 0 Å². The number of nitrogens with zero attached hydrogens (tertiary/aromatic N) is 2. The summed E-state index contributed by atoms with van der Waals surface area (Å²) in [6, 6.07) is 9.31. The molecule has 4 nitrogen and oxygen atoms in total. The Labute approximate surface area is 142 Å². The van der Waals surface area contributed by atoms with Crippen molar-refractivity contribution in [3.63, 3.8) is 0 Å². The minimum Gasteiger partial charge on any atom is -0.361 e. The SMILES string of the molecule is Cc1noc(C)c1CCC(=O)N(C1CC1)C1CCc2ccccc21. The van der Waals surface area contributed by atoms with E-state index in [1.54, 1.807) is 0 Å². The number of aryl methyl sites for hydroxylation is 3. The van der Waals surface area contributed by atoms with Gasteiger partial charge < -0.3 is 9.42 Å². The van der Waals surface area contributed by atoms with Crippen molar-refractivity contribution in [2.24, 2.45) is 0 Å². The van der Waals surface area contributed by atoms with Crippen molar-refractivity contribution in [3.8, 4) is 0 Å². The van der Waals surface area contributed by atoms with Crippen LogP contribution in [0.25, 0.3) is 0 Å². The first kappa shape index (κ1) is 15.4. The van der Waals surface area contributed by atoms with E-state index in [0.29, 0.717) is 12.5 Å². The molecule has 126 valence electrons. The van der Waals surface area contributed by atoms with Gasteiger partial charge in [-0.2, -0.15) is 0 Å². The van der Waals surface area contributed by atoms with Crippen LogP contribution >= 0.6 is 0 Å². The smallest absolute Gasteiger partial charge is 0.223 e. The number of amides is 1. The molecule has 1 heterocycles. The van der Waals surface area contributed by atoms with Gasteiger partial charge in [0.25, 0.3) is 0 Å². The molecule has 4 rings (SSSR count). The summed E-state index contributed by atoms with van der Waals surface area (Å²) in [5.41, 5.74) is 4.76. The third kappa shape index (κ3) is 2.74. The monoisotopic (exact) mass is 324 g/mol. The third-order valence-electron chi connectivity index (χ3n) is 5.44. The zero-order valence-corrected chi connectivity index (χ0v) is 14.4. The molecule has 0 N–H and O–H groups in total. The van der Waals surface area contributed by atoms with Gasteiger partial charge in [-0.05, 0) is 57.1 Å². The summed E-state index contributed by atoms with van der Waals surface area (Å²) >= 11 is 0. The molecule has 0 saturated heterocycles. The number of carbonyl (C=O) groups is 1. The zero-order valence-electron chi connectivity index (χ0n) is 14.4. The first-order valence-corrected chi connectivity index (χ1v) is 8.96. The molecule has 2 aromatic rings. The quantitative estimate of drug-likeness (QED) is 0.838. The van der Waals surface area contributed by atoms with Crippen LogP contribution in [0.2, 0.25) is 0 Å². The van der Waals surface area contributed by atoms with Gasteiger partial charge in [-0.1, -0.05) is 29.4 Å². The highest BCUT2D eigenvalue weighted by Gasteiger charge is 2.40. The van der Waals surface area contributed by atoms with Crippen LogP contribution in [0.15, 0.2) is 28.8 Å². The number of rotatable bonds is 5. The minimum absolute atomic E-state index is 0.269. The van der Waals surface area contributed by atoms with Crippen LogP contribution in [-0.2, 0) is 17.6 Å². The lowest BCUT2D eigenvalue weighted by atomic mass is 10.0. The topological polar surface area (TPSA) is 46.3 Å². The van der Waals surface area contributed by atoms with Crippen LogP contribution < -0.4 is 0 Å². The maximum atomic E-state index is 13.0. The van der Waals surface area contributed by atoms with Crippen molar-refractivity contribution < 1.29 is 9.32 Å². The minimum atomic E-state index is 0.269. The van der Waals surface area contributed by atoms with Crippen LogP contribution in [0.1, 0.15) is 59.9 Å². The van der Waals surface area contributed by atoms with E-state index in [1.165, 1.54) is 11.1 Å². The number of hydrogen-bond donors (Lipinski definition) is 0. The standard InChI is InChI=1S/C20H24N2O2/c1-13-17(14(2)24-21-13)10-12-20(23)22(16-8-9-16)19-11-7-15-5-3-4-6-18(15)19/h3-6,16,19H,7-12H2,1-2H3. The zero-order chi connectivity index (χ0) is 16.7. The largest absolute Gasteiger partial charge is 0.361 e. The van der Waals surface area contributed by atoms with E-state index in [4.69, 9.17) is 4.52 Å². The molecule has 0 aliphatic heterocycles. The Kier molecular flexibility index (Phi) is 3.91. The highest BCUT2D eigenvalue weighted by molar-refractivity contribution is 5.78. The van der Waals surface area contributed by atoms with E-state index in [0.717, 1.165) is 49.1 Å². The average molecular weight is 324 g/mol. The lowest BCUT2D eigenvalue weighted by Gasteiger charge is -2.30. The first-order valence-electron chi connectivity index (χ1n) is 8.96. The Morgan fingerprint density at radius 3 is 2.75 bits per heavy atom. The molecule has 1 saturated carbocycles. The highest BCUT2D eigenvalue weighted by atomic mass is 16.5. The molecule has 4 heteroatoms. The average Bonchev–Trinajstić information content (AvgIpc) is 3.25. The molecule has 1 atom stereocenters. The van der Waals surface area contributed by atoms with Gasteiger partial charge in [0, 0.05) is 18.0 Å². The van der Waals surface area contributed by atoms with Gasteiger partial charge in [0.2, 0.25) is 5.91 Å². The fraction of sp³-hybridized carbons (Fsp3) is 0.500.